The number of rotatable bonds is 8. The van der Waals surface area contributed by atoms with Gasteiger partial charge < -0.3 is 5.32 Å². The number of Topliss-reactive ketones (excluding diaryl/α,β-unsaturated/α-hetero) is 1. The normalized spacial score (nSPS) is 11.1. The number of nitrogens with one attached hydrogen (secondary N) is 1. The van der Waals surface area contributed by atoms with Gasteiger partial charge in [-0.2, -0.15) is 14.2 Å². The lowest BCUT2D eigenvalue weighted by atomic mass is 10.2. The number of hydrogen-bond acceptors (Lipinski definition) is 10. The molecule has 5 heterocycles. The summed E-state index contributed by atoms with van der Waals surface area (Å²) < 4.78 is 11.7. The second-order valence-electron chi connectivity index (χ2n) is 7.37. The van der Waals surface area contributed by atoms with Gasteiger partial charge in [-0.05, 0) is 69.3 Å². The monoisotopic (exact) mass is 620 g/mol. The Morgan fingerprint density at radius 3 is 2.69 bits per heavy atom. The Balaban J connectivity index is 1.52. The summed E-state index contributed by atoms with van der Waals surface area (Å²) in [5.74, 6) is -0.283. The lowest BCUT2D eigenvalue weighted by Gasteiger charge is -2.08. The van der Waals surface area contributed by atoms with Crippen LogP contribution in [0.4, 0.5) is 5.82 Å². The maximum absolute atomic E-state index is 13.4. The van der Waals surface area contributed by atoms with Crippen LogP contribution in [0, 0.1) is 0 Å². The maximum Gasteiger partial charge on any atom is 0.282 e. The summed E-state index contributed by atoms with van der Waals surface area (Å²) in [5, 5.41) is 11.0. The molecule has 5 aromatic heterocycles. The van der Waals surface area contributed by atoms with Gasteiger partial charge in [0.05, 0.1) is 39.4 Å². The molecule has 182 valence electrons. The third kappa shape index (κ3) is 5.11. The van der Waals surface area contributed by atoms with E-state index in [9.17, 15) is 14.4 Å². The topological polar surface area (TPSA) is 112 Å². The Kier molecular flexibility index (Phi) is 7.25. The van der Waals surface area contributed by atoms with Crippen molar-refractivity contribution in [2.45, 2.75) is 13.1 Å². The minimum atomic E-state index is -0.432. The molecule has 0 aliphatic heterocycles. The summed E-state index contributed by atoms with van der Waals surface area (Å²) in [6.45, 7) is 0.214. The lowest BCUT2D eigenvalue weighted by molar-refractivity contribution is 0.0945. The third-order valence-electron chi connectivity index (χ3n) is 5.08. The van der Waals surface area contributed by atoms with Crippen molar-refractivity contribution in [3.8, 4) is 11.3 Å². The molecule has 36 heavy (non-hydrogen) atoms. The number of pyridine rings is 1. The number of thiophene rings is 1. The zero-order valence-corrected chi connectivity index (χ0v) is 22.8. The molecular weight excluding hydrogens is 608 g/mol. The van der Waals surface area contributed by atoms with Crippen LogP contribution in [0.5, 0.6) is 0 Å². The molecule has 0 saturated heterocycles. The molecule has 0 amide bonds. The van der Waals surface area contributed by atoms with Gasteiger partial charge in [0.2, 0.25) is 5.78 Å². The molecule has 0 atom stereocenters. The Labute approximate surface area is 229 Å². The Bertz CT molecular complexity index is 1610. The van der Waals surface area contributed by atoms with Crippen molar-refractivity contribution in [3.05, 3.63) is 88.8 Å². The van der Waals surface area contributed by atoms with Gasteiger partial charge in [0.15, 0.2) is 0 Å². The van der Waals surface area contributed by atoms with Crippen molar-refractivity contribution in [2.75, 3.05) is 5.32 Å². The molecule has 0 aliphatic carbocycles. The van der Waals surface area contributed by atoms with Gasteiger partial charge in [0.1, 0.15) is 17.2 Å². The minimum Gasteiger partial charge on any atom is -0.365 e. The highest BCUT2D eigenvalue weighted by Crippen LogP contribution is 2.25. The third-order valence-corrected chi connectivity index (χ3v) is 8.15. The van der Waals surface area contributed by atoms with Crippen LogP contribution >= 0.6 is 61.9 Å². The standard InChI is InChI=1S/C22H14BrClN6O3S3/c23-18-3-2-14(22(33)29(18)10-17(31)15-5-6-34-28-15)16-7-20(25-9-13-1-4-19(24)36-13)30(27-16)21(32)12-8-26-35-11-12/h1-8,11,25H,9-10H2. The van der Waals surface area contributed by atoms with E-state index in [1.807, 2.05) is 6.07 Å². The second kappa shape index (κ2) is 10.6. The molecule has 0 bridgehead atoms. The van der Waals surface area contributed by atoms with Gasteiger partial charge in [-0.3, -0.25) is 19.0 Å². The van der Waals surface area contributed by atoms with E-state index < -0.39 is 11.5 Å². The predicted octanol–water partition coefficient (Wildman–Crippen LogP) is 5.29. The molecule has 0 unspecified atom stereocenters. The molecule has 0 aromatic carbocycles. The number of halogens is 2. The highest BCUT2D eigenvalue weighted by Gasteiger charge is 2.21. The molecule has 0 spiro atoms. The Morgan fingerprint density at radius 1 is 1.14 bits per heavy atom. The van der Waals surface area contributed by atoms with Gasteiger partial charge in [-0.1, -0.05) is 11.6 Å². The average Bonchev–Trinajstić information content (AvgIpc) is 3.67. The quantitative estimate of drug-likeness (QED) is 0.185. The summed E-state index contributed by atoms with van der Waals surface area (Å²) >= 11 is 13.1. The molecular formula is C22H14BrClN6O3S3. The second-order valence-corrected chi connectivity index (χ2v) is 11.3. The largest absolute Gasteiger partial charge is 0.365 e. The molecule has 0 fully saturated rings. The molecule has 9 nitrogen and oxygen atoms in total. The molecule has 5 aromatic rings. The van der Waals surface area contributed by atoms with E-state index in [2.05, 4.69) is 35.1 Å². The van der Waals surface area contributed by atoms with Gasteiger partial charge in [0, 0.05) is 21.7 Å². The van der Waals surface area contributed by atoms with Crippen LogP contribution in [-0.2, 0) is 13.1 Å². The Hall–Kier alpha value is -2.97. The van der Waals surface area contributed by atoms with E-state index in [1.54, 1.807) is 41.1 Å². The maximum atomic E-state index is 13.4. The van der Waals surface area contributed by atoms with Crippen molar-refractivity contribution in [1.29, 1.82) is 0 Å². The van der Waals surface area contributed by atoms with Crippen LogP contribution < -0.4 is 10.9 Å². The molecule has 14 heteroatoms. The summed E-state index contributed by atoms with van der Waals surface area (Å²) in [4.78, 5) is 40.1. The van der Waals surface area contributed by atoms with Crippen LogP contribution in [0.1, 0.15) is 25.7 Å². The smallest absolute Gasteiger partial charge is 0.282 e. The van der Waals surface area contributed by atoms with Crippen molar-refractivity contribution in [1.82, 2.24) is 23.1 Å². The van der Waals surface area contributed by atoms with Crippen LogP contribution in [0.15, 0.2) is 62.8 Å². The van der Waals surface area contributed by atoms with Gasteiger partial charge in [-0.25, -0.2) is 4.37 Å². The number of aromatic nitrogens is 5. The highest BCUT2D eigenvalue weighted by atomic mass is 79.9. The van der Waals surface area contributed by atoms with Crippen molar-refractivity contribution in [2.24, 2.45) is 0 Å². The summed E-state index contributed by atoms with van der Waals surface area (Å²) in [6, 6.07) is 10.2. The predicted molar refractivity (Wildman–Crippen MR) is 145 cm³/mol. The number of nitrogens with zero attached hydrogens (tertiary/aromatic N) is 5. The van der Waals surface area contributed by atoms with E-state index >= 15 is 0 Å². The summed E-state index contributed by atoms with van der Waals surface area (Å²) in [5.41, 5.74) is 0.758. The summed E-state index contributed by atoms with van der Waals surface area (Å²) in [7, 11) is 0. The Morgan fingerprint density at radius 2 is 2.00 bits per heavy atom. The van der Waals surface area contributed by atoms with Crippen molar-refractivity contribution >= 4 is 79.4 Å². The molecule has 0 aliphatic rings. The van der Waals surface area contributed by atoms with Gasteiger partial charge in [0.25, 0.3) is 11.5 Å². The first-order valence-corrected chi connectivity index (χ1v) is 13.9. The van der Waals surface area contributed by atoms with E-state index in [0.29, 0.717) is 32.6 Å². The first-order valence-electron chi connectivity index (χ1n) is 10.3. The van der Waals surface area contributed by atoms with Crippen molar-refractivity contribution < 1.29 is 9.59 Å². The molecule has 1 N–H and O–H groups in total. The van der Waals surface area contributed by atoms with Crippen LogP contribution in [0.2, 0.25) is 4.34 Å². The fourth-order valence-corrected chi connectivity index (χ4v) is 5.81. The average molecular weight is 622 g/mol. The SMILES string of the molecule is O=C(Cn1c(Br)ccc(-c2cc(NCc3ccc(Cl)s3)n(C(=O)c3cnsc3)n2)c1=O)c1ccsn1. The fraction of sp³-hybridized carbons (Fsp3) is 0.0909. The minimum absolute atomic E-state index is 0.193. The first kappa shape index (κ1) is 24.7. The number of carbonyl (C=O) groups excluding carboxylic acids is 2. The van der Waals surface area contributed by atoms with Crippen LogP contribution in [0.25, 0.3) is 11.3 Å². The van der Waals surface area contributed by atoms with E-state index in [-0.39, 0.29) is 23.6 Å². The summed E-state index contributed by atoms with van der Waals surface area (Å²) in [6.07, 6.45) is 1.47. The fourth-order valence-electron chi connectivity index (χ4n) is 3.33. The molecule has 0 radical (unpaired) electrons. The van der Waals surface area contributed by atoms with Gasteiger partial charge in [-0.15, -0.1) is 11.3 Å². The number of hydrogen-bond donors (Lipinski definition) is 1. The molecule has 0 saturated carbocycles. The van der Waals surface area contributed by atoms with E-state index in [0.717, 1.165) is 16.4 Å². The van der Waals surface area contributed by atoms with Crippen LogP contribution in [-0.4, -0.2) is 34.8 Å². The lowest BCUT2D eigenvalue weighted by Crippen LogP contribution is -2.26. The number of ketones is 1. The van der Waals surface area contributed by atoms with Crippen LogP contribution in [0.3, 0.4) is 0 Å². The molecule has 5 rings (SSSR count). The number of carbonyl (C=O) groups is 2. The first-order chi connectivity index (χ1) is 17.4. The number of anilines is 1. The van der Waals surface area contributed by atoms with Gasteiger partial charge >= 0.3 is 0 Å². The highest BCUT2D eigenvalue weighted by molar-refractivity contribution is 9.10. The van der Waals surface area contributed by atoms with Crippen molar-refractivity contribution in [3.63, 3.8) is 0 Å². The van der Waals surface area contributed by atoms with E-state index in [1.165, 1.54) is 38.3 Å². The zero-order valence-electron chi connectivity index (χ0n) is 18.1. The van der Waals surface area contributed by atoms with E-state index in [4.69, 9.17) is 11.6 Å². The zero-order chi connectivity index (χ0) is 25.2.